The summed E-state index contributed by atoms with van der Waals surface area (Å²) in [5.74, 6) is -2.19. The maximum Gasteiger partial charge on any atom is 0.321 e. The van der Waals surface area contributed by atoms with E-state index in [9.17, 15) is 23.3 Å². The number of carboxylic acids is 1. The van der Waals surface area contributed by atoms with Crippen molar-refractivity contribution in [3.63, 3.8) is 0 Å². The molecule has 0 aliphatic heterocycles. The Morgan fingerprint density at radius 2 is 1.89 bits per heavy atom. The molecule has 0 radical (unpaired) electrons. The second-order valence-corrected chi connectivity index (χ2v) is 5.51. The number of nitrogens with two attached hydrogens (primary N) is 1. The van der Waals surface area contributed by atoms with Crippen LogP contribution in [0.1, 0.15) is 0 Å². The molecule has 0 aliphatic carbocycles. The topological polar surface area (TPSA) is 141 Å². The number of nitro groups is 1. The van der Waals surface area contributed by atoms with Gasteiger partial charge in [0.05, 0.1) is 15.6 Å². The lowest BCUT2D eigenvalue weighted by Crippen LogP contribution is -2.37. The smallest absolute Gasteiger partial charge is 0.321 e. The van der Waals surface area contributed by atoms with Gasteiger partial charge in [-0.05, 0) is 12.1 Å². The van der Waals surface area contributed by atoms with Crippen molar-refractivity contribution in [2.24, 2.45) is 5.73 Å². The van der Waals surface area contributed by atoms with E-state index >= 15 is 0 Å². The molecule has 0 saturated carbocycles. The maximum absolute atomic E-state index is 11.7. The van der Waals surface area contributed by atoms with Crippen LogP contribution in [0.3, 0.4) is 0 Å². The zero-order valence-corrected chi connectivity index (χ0v) is 9.83. The first-order valence-corrected chi connectivity index (χ1v) is 6.35. The van der Waals surface area contributed by atoms with Gasteiger partial charge in [-0.25, -0.2) is 8.42 Å². The zero-order valence-electron chi connectivity index (χ0n) is 9.02. The molecular weight excluding hydrogens is 264 g/mol. The molecule has 0 aliphatic rings. The molecule has 3 N–H and O–H groups in total. The minimum Gasteiger partial charge on any atom is -0.480 e. The van der Waals surface area contributed by atoms with Crippen LogP contribution in [0.5, 0.6) is 0 Å². The van der Waals surface area contributed by atoms with Crippen LogP contribution in [0.2, 0.25) is 0 Å². The molecule has 0 unspecified atom stereocenters. The van der Waals surface area contributed by atoms with Gasteiger partial charge < -0.3 is 10.8 Å². The van der Waals surface area contributed by atoms with E-state index in [1.54, 1.807) is 0 Å². The highest BCUT2D eigenvalue weighted by Gasteiger charge is 2.23. The van der Waals surface area contributed by atoms with Gasteiger partial charge >= 0.3 is 5.97 Å². The SMILES string of the molecule is N[C@@H](CS(=O)(=O)c1ccc([N+](=O)[O-])cc1)C(=O)O. The average molecular weight is 274 g/mol. The molecule has 1 aromatic rings. The number of sulfone groups is 1. The third kappa shape index (κ3) is 3.25. The molecule has 0 bridgehead atoms. The van der Waals surface area contributed by atoms with Crippen molar-refractivity contribution in [1.29, 1.82) is 0 Å². The monoisotopic (exact) mass is 274 g/mol. The van der Waals surface area contributed by atoms with E-state index in [-0.39, 0.29) is 10.6 Å². The van der Waals surface area contributed by atoms with Gasteiger partial charge in [0, 0.05) is 12.1 Å². The van der Waals surface area contributed by atoms with Crippen LogP contribution in [0.25, 0.3) is 0 Å². The molecular formula is C9H10N2O6S. The fraction of sp³-hybridized carbons (Fsp3) is 0.222. The van der Waals surface area contributed by atoms with Crippen molar-refractivity contribution in [3.8, 4) is 0 Å². The molecule has 18 heavy (non-hydrogen) atoms. The molecule has 1 atom stereocenters. The van der Waals surface area contributed by atoms with Crippen molar-refractivity contribution >= 4 is 21.5 Å². The number of non-ortho nitro benzene ring substituents is 1. The predicted molar refractivity (Wildman–Crippen MR) is 60.8 cm³/mol. The third-order valence-corrected chi connectivity index (χ3v) is 3.91. The van der Waals surface area contributed by atoms with E-state index in [0.29, 0.717) is 0 Å². The van der Waals surface area contributed by atoms with E-state index in [0.717, 1.165) is 24.3 Å². The summed E-state index contributed by atoms with van der Waals surface area (Å²) in [6.45, 7) is 0. The Hall–Kier alpha value is -2.00. The highest BCUT2D eigenvalue weighted by Crippen LogP contribution is 2.17. The Kier molecular flexibility index (Phi) is 3.99. The van der Waals surface area contributed by atoms with E-state index in [2.05, 4.69) is 0 Å². The summed E-state index contributed by atoms with van der Waals surface area (Å²) >= 11 is 0. The number of carboxylic acid groups (broad SMARTS) is 1. The lowest BCUT2D eigenvalue weighted by Gasteiger charge is -2.07. The summed E-state index contributed by atoms with van der Waals surface area (Å²) in [7, 11) is -3.88. The van der Waals surface area contributed by atoms with Gasteiger partial charge in [0.15, 0.2) is 9.84 Å². The number of aliphatic carboxylic acids is 1. The van der Waals surface area contributed by atoms with Crippen LogP contribution < -0.4 is 5.73 Å². The number of benzene rings is 1. The molecule has 1 rings (SSSR count). The van der Waals surface area contributed by atoms with Crippen LogP contribution in [-0.4, -0.2) is 36.2 Å². The molecule has 0 heterocycles. The molecule has 0 aromatic heterocycles. The van der Waals surface area contributed by atoms with Crippen LogP contribution >= 0.6 is 0 Å². The summed E-state index contributed by atoms with van der Waals surface area (Å²) in [6.07, 6.45) is 0. The zero-order chi connectivity index (χ0) is 13.9. The number of nitrogens with zero attached hydrogens (tertiary/aromatic N) is 1. The van der Waals surface area contributed by atoms with E-state index in [1.807, 2.05) is 0 Å². The Morgan fingerprint density at radius 1 is 1.39 bits per heavy atom. The standard InChI is InChI=1S/C9H10N2O6S/c10-8(9(12)13)5-18(16,17)7-3-1-6(2-4-7)11(14)15/h1-4,8H,5,10H2,(H,12,13)/t8-/m0/s1. The Morgan fingerprint density at radius 3 is 2.28 bits per heavy atom. The van der Waals surface area contributed by atoms with E-state index in [4.69, 9.17) is 10.8 Å². The van der Waals surface area contributed by atoms with Crippen molar-refractivity contribution in [2.75, 3.05) is 5.75 Å². The van der Waals surface area contributed by atoms with E-state index < -0.39 is 32.5 Å². The molecule has 0 amide bonds. The second-order valence-electron chi connectivity index (χ2n) is 3.48. The summed E-state index contributed by atoms with van der Waals surface area (Å²) < 4.78 is 23.4. The largest absolute Gasteiger partial charge is 0.480 e. The average Bonchev–Trinajstić information content (AvgIpc) is 2.28. The van der Waals surface area contributed by atoms with Gasteiger partial charge in [0.2, 0.25) is 0 Å². The lowest BCUT2D eigenvalue weighted by molar-refractivity contribution is -0.384. The highest BCUT2D eigenvalue weighted by molar-refractivity contribution is 7.91. The lowest BCUT2D eigenvalue weighted by atomic mass is 10.3. The van der Waals surface area contributed by atoms with Crippen molar-refractivity contribution in [1.82, 2.24) is 0 Å². The summed E-state index contributed by atoms with van der Waals surface area (Å²) in [4.78, 5) is 20.0. The highest BCUT2D eigenvalue weighted by atomic mass is 32.2. The van der Waals surface area contributed by atoms with Crippen LogP contribution in [-0.2, 0) is 14.6 Å². The number of hydrogen-bond donors (Lipinski definition) is 2. The van der Waals surface area contributed by atoms with Gasteiger partial charge in [-0.15, -0.1) is 0 Å². The van der Waals surface area contributed by atoms with Crippen LogP contribution in [0, 0.1) is 10.1 Å². The first-order valence-electron chi connectivity index (χ1n) is 4.69. The molecule has 8 nitrogen and oxygen atoms in total. The molecule has 0 fully saturated rings. The summed E-state index contributed by atoms with van der Waals surface area (Å²) in [5.41, 5.74) is 4.88. The Labute approximate surface area is 102 Å². The molecule has 9 heteroatoms. The Bertz CT molecular complexity index is 565. The van der Waals surface area contributed by atoms with Crippen molar-refractivity contribution in [2.45, 2.75) is 10.9 Å². The third-order valence-electron chi connectivity index (χ3n) is 2.12. The number of nitro benzene ring substituents is 1. The maximum atomic E-state index is 11.7. The van der Waals surface area contributed by atoms with Crippen LogP contribution in [0.15, 0.2) is 29.2 Å². The Balaban J connectivity index is 2.99. The molecule has 98 valence electrons. The van der Waals surface area contributed by atoms with Gasteiger partial charge in [-0.2, -0.15) is 0 Å². The fourth-order valence-electron chi connectivity index (χ4n) is 1.18. The minimum absolute atomic E-state index is 0.204. The number of hydrogen-bond acceptors (Lipinski definition) is 6. The first kappa shape index (κ1) is 14.1. The van der Waals surface area contributed by atoms with Gasteiger partial charge in [-0.1, -0.05) is 0 Å². The summed E-state index contributed by atoms with van der Waals surface area (Å²) in [5, 5.41) is 18.9. The molecule has 0 saturated heterocycles. The summed E-state index contributed by atoms with van der Waals surface area (Å²) in [6, 6.07) is 2.60. The molecule has 0 spiro atoms. The van der Waals surface area contributed by atoms with Crippen molar-refractivity contribution in [3.05, 3.63) is 34.4 Å². The normalized spacial score (nSPS) is 12.9. The molecule has 1 aromatic carbocycles. The second kappa shape index (κ2) is 5.10. The van der Waals surface area contributed by atoms with Gasteiger partial charge in [0.1, 0.15) is 6.04 Å². The predicted octanol–water partition coefficient (Wildman–Crippen LogP) is -0.220. The number of carbonyl (C=O) groups is 1. The van der Waals surface area contributed by atoms with E-state index in [1.165, 1.54) is 0 Å². The first-order chi connectivity index (χ1) is 8.24. The minimum atomic E-state index is -3.88. The van der Waals surface area contributed by atoms with Crippen molar-refractivity contribution < 1.29 is 23.2 Å². The van der Waals surface area contributed by atoms with Gasteiger partial charge in [-0.3, -0.25) is 14.9 Å². The van der Waals surface area contributed by atoms with Crippen LogP contribution in [0.4, 0.5) is 5.69 Å². The number of rotatable bonds is 5. The fourth-order valence-corrected chi connectivity index (χ4v) is 2.54. The quantitative estimate of drug-likeness (QED) is 0.558. The van der Waals surface area contributed by atoms with Gasteiger partial charge in [0.25, 0.3) is 5.69 Å².